The Balaban J connectivity index is 1.59. The second kappa shape index (κ2) is 7.59. The summed E-state index contributed by atoms with van der Waals surface area (Å²) in [4.78, 5) is 13.3. The first-order valence-electron chi connectivity index (χ1n) is 11.6. The van der Waals surface area contributed by atoms with Crippen molar-refractivity contribution in [2.45, 2.75) is 33.1 Å². The van der Waals surface area contributed by atoms with Crippen LogP contribution in [-0.2, 0) is 17.3 Å². The lowest BCUT2D eigenvalue weighted by molar-refractivity contribution is -0.111. The van der Waals surface area contributed by atoms with Gasteiger partial charge >= 0.3 is 0 Å². The van der Waals surface area contributed by atoms with E-state index in [1.54, 1.807) is 6.08 Å². The predicted molar refractivity (Wildman–Crippen MR) is 141 cm³/mol. The number of carbonyl (C=O) groups is 1. The highest BCUT2D eigenvalue weighted by atomic mass is 16.3. The molecule has 0 aliphatic heterocycles. The maximum atomic E-state index is 13.3. The number of hydrogen-bond donors (Lipinski definition) is 1. The van der Waals surface area contributed by atoms with E-state index in [1.807, 2.05) is 50.4 Å². The molecule has 1 aliphatic rings. The molecule has 1 N–H and O–H groups in total. The molecule has 0 atom stereocenters. The van der Waals surface area contributed by atoms with Gasteiger partial charge in [0.15, 0.2) is 0 Å². The molecule has 0 bridgehead atoms. The lowest BCUT2D eigenvalue weighted by Crippen LogP contribution is -2.25. The molecule has 0 saturated carbocycles. The first kappa shape index (κ1) is 22.0. The number of fused-ring (bicyclic) bond motifs is 2. The summed E-state index contributed by atoms with van der Waals surface area (Å²) >= 11 is 0. The molecule has 1 aromatic heterocycles. The average molecular weight is 448 g/mol. The van der Waals surface area contributed by atoms with Crippen molar-refractivity contribution in [1.82, 2.24) is 4.57 Å². The fraction of sp³-hybridized carbons (Fsp3) is 0.194. The van der Waals surface area contributed by atoms with Crippen molar-refractivity contribution in [3.05, 3.63) is 113 Å². The van der Waals surface area contributed by atoms with Crippen LogP contribution in [0.4, 0.5) is 0 Å². The largest absolute Gasteiger partial charge is 0.506 e. The van der Waals surface area contributed by atoms with E-state index in [2.05, 4.69) is 56.2 Å². The van der Waals surface area contributed by atoms with Crippen LogP contribution in [0, 0.1) is 13.8 Å². The van der Waals surface area contributed by atoms with Crippen LogP contribution in [0.1, 0.15) is 36.2 Å². The zero-order valence-corrected chi connectivity index (χ0v) is 20.4. The molecule has 0 unspecified atom stereocenters. The summed E-state index contributed by atoms with van der Waals surface area (Å²) in [6.07, 6.45) is 1.77. The number of allylic oxidation sites excluding steroid dienone is 4. The number of Topliss-reactive ketones (excluding diaryl/α,β-unsaturated/α-hetero) is 1. The number of carbonyl (C=O) groups excluding carboxylic acids is 1. The van der Waals surface area contributed by atoms with Crippen LogP contribution in [0.5, 0.6) is 0 Å². The van der Waals surface area contributed by atoms with Gasteiger partial charge in [0.2, 0.25) is 5.78 Å². The SMILES string of the molecule is C=C(/C=C1/C(=O)C(c2c(C)n(C)c3ccccc23)=C1O)C(C)(C)c1c(C)ccc2ccccc12. The molecule has 3 aromatic carbocycles. The van der Waals surface area contributed by atoms with Gasteiger partial charge in [0, 0.05) is 34.6 Å². The van der Waals surface area contributed by atoms with Gasteiger partial charge in [0.1, 0.15) is 5.76 Å². The Morgan fingerprint density at radius 3 is 2.32 bits per heavy atom. The van der Waals surface area contributed by atoms with Gasteiger partial charge < -0.3 is 9.67 Å². The van der Waals surface area contributed by atoms with Gasteiger partial charge in [-0.25, -0.2) is 0 Å². The van der Waals surface area contributed by atoms with Crippen LogP contribution in [0.2, 0.25) is 0 Å². The molecule has 3 heteroatoms. The minimum absolute atomic E-state index is 0.0519. The molecule has 3 nitrogen and oxygen atoms in total. The topological polar surface area (TPSA) is 42.2 Å². The first-order valence-corrected chi connectivity index (χ1v) is 11.6. The zero-order valence-electron chi connectivity index (χ0n) is 20.4. The fourth-order valence-electron chi connectivity index (χ4n) is 5.35. The van der Waals surface area contributed by atoms with E-state index < -0.39 is 5.41 Å². The molecule has 1 aliphatic carbocycles. The fourth-order valence-corrected chi connectivity index (χ4v) is 5.35. The van der Waals surface area contributed by atoms with Crippen molar-refractivity contribution in [2.75, 3.05) is 0 Å². The van der Waals surface area contributed by atoms with Gasteiger partial charge in [-0.2, -0.15) is 0 Å². The molecule has 0 fully saturated rings. The summed E-state index contributed by atoms with van der Waals surface area (Å²) in [5, 5.41) is 14.4. The number of para-hydroxylation sites is 1. The van der Waals surface area contributed by atoms with Crippen LogP contribution in [0.3, 0.4) is 0 Å². The first-order chi connectivity index (χ1) is 16.1. The maximum Gasteiger partial charge on any atom is 0.201 e. The maximum absolute atomic E-state index is 13.3. The minimum Gasteiger partial charge on any atom is -0.506 e. The third kappa shape index (κ3) is 3.00. The standard InChI is InChI=1S/C31H29NO2/c1-18-15-16-21-11-7-8-12-22(21)28(18)31(4,5)19(2)17-24-29(33)27(30(24)34)26-20(3)32(6)25-14-10-9-13-23(25)26/h7-17,33H,2H2,1,3-6H3/b24-17+. The van der Waals surface area contributed by atoms with Gasteiger partial charge in [-0.05, 0) is 53.5 Å². The second-order valence-corrected chi connectivity index (χ2v) is 9.78. The summed E-state index contributed by atoms with van der Waals surface area (Å²) in [7, 11) is 1.98. The van der Waals surface area contributed by atoms with Crippen molar-refractivity contribution in [3.8, 4) is 0 Å². The minimum atomic E-state index is -0.427. The van der Waals surface area contributed by atoms with Crippen molar-refractivity contribution in [1.29, 1.82) is 0 Å². The van der Waals surface area contributed by atoms with Gasteiger partial charge in [-0.1, -0.05) is 75.0 Å². The summed E-state index contributed by atoms with van der Waals surface area (Å²) in [5.41, 5.74) is 6.26. The quantitative estimate of drug-likeness (QED) is 0.335. The number of aliphatic hydroxyl groups excluding tert-OH is 1. The number of nitrogens with zero attached hydrogens (tertiary/aromatic N) is 1. The Labute approximate surface area is 200 Å². The number of aliphatic hydroxyl groups is 1. The number of ketones is 1. The smallest absolute Gasteiger partial charge is 0.201 e. The van der Waals surface area contributed by atoms with E-state index in [0.29, 0.717) is 11.1 Å². The lowest BCUT2D eigenvalue weighted by atomic mass is 9.72. The Kier molecular flexibility index (Phi) is 4.91. The molecular formula is C31H29NO2. The van der Waals surface area contributed by atoms with E-state index in [1.165, 1.54) is 21.9 Å². The molecule has 0 amide bonds. The normalized spacial score (nSPS) is 15.4. The highest BCUT2D eigenvalue weighted by Crippen LogP contribution is 2.44. The summed E-state index contributed by atoms with van der Waals surface area (Å²) in [5.74, 6) is -0.0837. The molecule has 0 saturated heterocycles. The van der Waals surface area contributed by atoms with Crippen LogP contribution in [0.15, 0.2) is 90.2 Å². The average Bonchev–Trinajstić information content (AvgIpc) is 3.07. The molecule has 1 heterocycles. The summed E-state index contributed by atoms with van der Waals surface area (Å²) < 4.78 is 2.06. The van der Waals surface area contributed by atoms with E-state index >= 15 is 0 Å². The molecule has 4 aromatic rings. The number of aryl methyl sites for hydroxylation is 2. The van der Waals surface area contributed by atoms with Gasteiger partial charge in [-0.3, -0.25) is 4.79 Å². The Morgan fingerprint density at radius 2 is 1.62 bits per heavy atom. The highest BCUT2D eigenvalue weighted by Gasteiger charge is 2.38. The summed E-state index contributed by atoms with van der Waals surface area (Å²) in [6.45, 7) is 12.7. The number of benzene rings is 3. The third-order valence-electron chi connectivity index (χ3n) is 7.50. The number of rotatable bonds is 4. The molecule has 0 radical (unpaired) electrons. The van der Waals surface area contributed by atoms with Crippen molar-refractivity contribution in [3.63, 3.8) is 0 Å². The Morgan fingerprint density at radius 1 is 0.971 bits per heavy atom. The summed E-state index contributed by atoms with van der Waals surface area (Å²) in [6, 6.07) is 20.6. The monoisotopic (exact) mass is 447 g/mol. The van der Waals surface area contributed by atoms with Gasteiger partial charge in [0.25, 0.3) is 0 Å². The molecule has 34 heavy (non-hydrogen) atoms. The van der Waals surface area contributed by atoms with Crippen LogP contribution < -0.4 is 0 Å². The van der Waals surface area contributed by atoms with E-state index in [0.717, 1.165) is 27.7 Å². The molecule has 5 rings (SSSR count). The second-order valence-electron chi connectivity index (χ2n) is 9.78. The van der Waals surface area contributed by atoms with Gasteiger partial charge in [-0.15, -0.1) is 0 Å². The molecule has 170 valence electrons. The van der Waals surface area contributed by atoms with E-state index in [-0.39, 0.29) is 11.5 Å². The van der Waals surface area contributed by atoms with Crippen LogP contribution >= 0.6 is 0 Å². The van der Waals surface area contributed by atoms with E-state index in [9.17, 15) is 9.90 Å². The molecular weight excluding hydrogens is 418 g/mol. The number of hydrogen-bond acceptors (Lipinski definition) is 2. The van der Waals surface area contributed by atoms with Crippen molar-refractivity contribution < 1.29 is 9.90 Å². The van der Waals surface area contributed by atoms with Gasteiger partial charge in [0.05, 0.1) is 11.1 Å². The highest BCUT2D eigenvalue weighted by molar-refractivity contribution is 6.40. The van der Waals surface area contributed by atoms with Crippen LogP contribution in [0.25, 0.3) is 27.2 Å². The lowest BCUT2D eigenvalue weighted by Gasteiger charge is -2.31. The Bertz CT molecular complexity index is 1590. The predicted octanol–water partition coefficient (Wildman–Crippen LogP) is 7.26. The third-order valence-corrected chi connectivity index (χ3v) is 7.50. The zero-order chi connectivity index (χ0) is 24.4. The molecule has 0 spiro atoms. The van der Waals surface area contributed by atoms with Crippen molar-refractivity contribution in [2.24, 2.45) is 7.05 Å². The number of aromatic nitrogens is 1. The van der Waals surface area contributed by atoms with Crippen molar-refractivity contribution >= 4 is 33.0 Å². The van der Waals surface area contributed by atoms with Crippen LogP contribution in [-0.4, -0.2) is 15.5 Å². The van der Waals surface area contributed by atoms with E-state index in [4.69, 9.17) is 0 Å². The Hall–Kier alpha value is -3.85.